The summed E-state index contributed by atoms with van der Waals surface area (Å²) in [5, 5.41) is 0. The van der Waals surface area contributed by atoms with Gasteiger partial charge < -0.3 is 4.74 Å². The lowest BCUT2D eigenvalue weighted by Gasteiger charge is -2.22. The molecule has 2 rings (SSSR count). The zero-order valence-corrected chi connectivity index (χ0v) is 9.74. The van der Waals surface area contributed by atoms with E-state index in [2.05, 4.69) is 24.3 Å². The summed E-state index contributed by atoms with van der Waals surface area (Å²) in [7, 11) is 0. The van der Waals surface area contributed by atoms with Crippen molar-refractivity contribution >= 4 is 5.78 Å². The van der Waals surface area contributed by atoms with E-state index in [4.69, 9.17) is 4.74 Å². The summed E-state index contributed by atoms with van der Waals surface area (Å²) in [5.41, 5.74) is 2.44. The van der Waals surface area contributed by atoms with Crippen LogP contribution >= 0.6 is 0 Å². The number of hydrogen-bond acceptors (Lipinski definition) is 2. The van der Waals surface area contributed by atoms with Gasteiger partial charge in [-0.05, 0) is 30.9 Å². The molecule has 0 saturated carbocycles. The molecule has 2 nitrogen and oxygen atoms in total. The average molecular weight is 218 g/mol. The third-order valence-electron chi connectivity index (χ3n) is 3.06. The molecule has 0 spiro atoms. The van der Waals surface area contributed by atoms with Gasteiger partial charge in [0.2, 0.25) is 0 Å². The standard InChI is InChI=1S/C14H18O2/c1-11(15)9-12-4-6-13(7-5-12)14-3-2-8-16-10-14/h4-7,14H,2-3,8-10H2,1H3. The summed E-state index contributed by atoms with van der Waals surface area (Å²) in [5.74, 6) is 0.758. The van der Waals surface area contributed by atoms with Gasteiger partial charge in [0.05, 0.1) is 6.61 Å². The Kier molecular flexibility index (Phi) is 3.73. The fourth-order valence-corrected chi connectivity index (χ4v) is 2.20. The lowest BCUT2D eigenvalue weighted by Crippen LogP contribution is -2.15. The van der Waals surface area contributed by atoms with Crippen molar-refractivity contribution in [1.29, 1.82) is 0 Å². The first-order valence-corrected chi connectivity index (χ1v) is 5.92. The van der Waals surface area contributed by atoms with Crippen LogP contribution in [0, 0.1) is 0 Å². The number of carbonyl (C=O) groups excluding carboxylic acids is 1. The van der Waals surface area contributed by atoms with E-state index in [0.717, 1.165) is 25.2 Å². The molecule has 1 aromatic rings. The molecule has 1 saturated heterocycles. The third kappa shape index (κ3) is 2.92. The van der Waals surface area contributed by atoms with Gasteiger partial charge in [-0.1, -0.05) is 24.3 Å². The van der Waals surface area contributed by atoms with E-state index in [9.17, 15) is 4.79 Å². The molecule has 0 bridgehead atoms. The van der Waals surface area contributed by atoms with Crippen molar-refractivity contribution in [3.63, 3.8) is 0 Å². The maximum atomic E-state index is 11.0. The molecular weight excluding hydrogens is 200 g/mol. The first kappa shape index (κ1) is 11.3. The maximum absolute atomic E-state index is 11.0. The van der Waals surface area contributed by atoms with E-state index in [1.54, 1.807) is 6.92 Å². The minimum atomic E-state index is 0.216. The topological polar surface area (TPSA) is 26.3 Å². The summed E-state index contributed by atoms with van der Waals surface area (Å²) in [4.78, 5) is 11.0. The van der Waals surface area contributed by atoms with Crippen LogP contribution in [0.25, 0.3) is 0 Å². The van der Waals surface area contributed by atoms with Crippen LogP contribution in [-0.4, -0.2) is 19.0 Å². The predicted octanol–water partition coefficient (Wildman–Crippen LogP) is 2.71. The van der Waals surface area contributed by atoms with Crippen LogP contribution in [0.5, 0.6) is 0 Å². The molecule has 86 valence electrons. The molecule has 1 fully saturated rings. The van der Waals surface area contributed by atoms with Gasteiger partial charge in [-0.15, -0.1) is 0 Å². The summed E-state index contributed by atoms with van der Waals surface area (Å²) >= 11 is 0. The van der Waals surface area contributed by atoms with Gasteiger partial charge in [0, 0.05) is 18.9 Å². The van der Waals surface area contributed by atoms with Crippen molar-refractivity contribution in [3.8, 4) is 0 Å². The Morgan fingerprint density at radius 1 is 1.38 bits per heavy atom. The van der Waals surface area contributed by atoms with E-state index in [-0.39, 0.29) is 5.78 Å². The van der Waals surface area contributed by atoms with Crippen LogP contribution in [0.1, 0.15) is 36.8 Å². The molecule has 0 aromatic heterocycles. The number of Topliss-reactive ketones (excluding diaryl/α,β-unsaturated/α-hetero) is 1. The fraction of sp³-hybridized carbons (Fsp3) is 0.500. The van der Waals surface area contributed by atoms with Gasteiger partial charge in [-0.2, -0.15) is 0 Å². The van der Waals surface area contributed by atoms with Crippen molar-refractivity contribution in [2.45, 2.75) is 32.1 Å². The second-order valence-electron chi connectivity index (χ2n) is 4.53. The Labute approximate surface area is 96.6 Å². The highest BCUT2D eigenvalue weighted by atomic mass is 16.5. The molecule has 0 radical (unpaired) electrons. The van der Waals surface area contributed by atoms with Gasteiger partial charge in [0.15, 0.2) is 0 Å². The molecular formula is C14H18O2. The van der Waals surface area contributed by atoms with Gasteiger partial charge in [-0.3, -0.25) is 4.79 Å². The van der Waals surface area contributed by atoms with Crippen molar-refractivity contribution in [3.05, 3.63) is 35.4 Å². The first-order chi connectivity index (χ1) is 7.75. The summed E-state index contributed by atoms with van der Waals surface area (Å²) in [6.45, 7) is 3.37. The normalized spacial score (nSPS) is 20.7. The van der Waals surface area contributed by atoms with E-state index in [1.807, 2.05) is 0 Å². The Morgan fingerprint density at radius 3 is 2.69 bits per heavy atom. The van der Waals surface area contributed by atoms with E-state index in [1.165, 1.54) is 12.0 Å². The lowest BCUT2D eigenvalue weighted by atomic mass is 9.92. The minimum absolute atomic E-state index is 0.216. The number of benzene rings is 1. The van der Waals surface area contributed by atoms with Crippen molar-refractivity contribution in [2.24, 2.45) is 0 Å². The molecule has 0 N–H and O–H groups in total. The number of ether oxygens (including phenoxy) is 1. The highest BCUT2D eigenvalue weighted by Gasteiger charge is 2.15. The number of hydrogen-bond donors (Lipinski definition) is 0. The molecule has 16 heavy (non-hydrogen) atoms. The SMILES string of the molecule is CC(=O)Cc1ccc(C2CCCOC2)cc1. The lowest BCUT2D eigenvalue weighted by molar-refractivity contribution is -0.116. The fourth-order valence-electron chi connectivity index (χ4n) is 2.20. The van der Waals surface area contributed by atoms with Gasteiger partial charge in [-0.25, -0.2) is 0 Å². The molecule has 1 atom stereocenters. The zero-order chi connectivity index (χ0) is 11.4. The minimum Gasteiger partial charge on any atom is -0.381 e. The van der Waals surface area contributed by atoms with Crippen molar-refractivity contribution in [1.82, 2.24) is 0 Å². The van der Waals surface area contributed by atoms with Crippen molar-refractivity contribution < 1.29 is 9.53 Å². The van der Waals surface area contributed by atoms with E-state index < -0.39 is 0 Å². The quantitative estimate of drug-likeness (QED) is 0.779. The molecule has 1 unspecified atom stereocenters. The number of ketones is 1. The summed E-state index contributed by atoms with van der Waals surface area (Å²) in [6, 6.07) is 8.39. The average Bonchev–Trinajstić information content (AvgIpc) is 2.30. The predicted molar refractivity (Wildman–Crippen MR) is 63.6 cm³/mol. The van der Waals surface area contributed by atoms with Crippen LogP contribution in [-0.2, 0) is 16.0 Å². The van der Waals surface area contributed by atoms with Gasteiger partial charge >= 0.3 is 0 Å². The monoisotopic (exact) mass is 218 g/mol. The molecule has 1 aliphatic rings. The highest BCUT2D eigenvalue weighted by molar-refractivity contribution is 5.78. The Hall–Kier alpha value is -1.15. The van der Waals surface area contributed by atoms with Crippen LogP contribution < -0.4 is 0 Å². The summed E-state index contributed by atoms with van der Waals surface area (Å²) in [6.07, 6.45) is 2.91. The van der Waals surface area contributed by atoms with Gasteiger partial charge in [0.1, 0.15) is 5.78 Å². The molecule has 1 aromatic carbocycles. The van der Waals surface area contributed by atoms with Crippen molar-refractivity contribution in [2.75, 3.05) is 13.2 Å². The van der Waals surface area contributed by atoms with Gasteiger partial charge in [0.25, 0.3) is 0 Å². The largest absolute Gasteiger partial charge is 0.381 e. The number of carbonyl (C=O) groups is 1. The molecule has 0 aliphatic carbocycles. The molecule has 2 heteroatoms. The zero-order valence-electron chi connectivity index (χ0n) is 9.74. The third-order valence-corrected chi connectivity index (χ3v) is 3.06. The molecule has 1 aliphatic heterocycles. The van der Waals surface area contributed by atoms with E-state index >= 15 is 0 Å². The number of rotatable bonds is 3. The van der Waals surface area contributed by atoms with E-state index in [0.29, 0.717) is 12.3 Å². The van der Waals surface area contributed by atoms with Crippen LogP contribution in [0.15, 0.2) is 24.3 Å². The van der Waals surface area contributed by atoms with Crippen LogP contribution in [0.2, 0.25) is 0 Å². The Morgan fingerprint density at radius 2 is 2.12 bits per heavy atom. The second kappa shape index (κ2) is 5.26. The smallest absolute Gasteiger partial charge is 0.134 e. The highest BCUT2D eigenvalue weighted by Crippen LogP contribution is 2.25. The second-order valence-corrected chi connectivity index (χ2v) is 4.53. The van der Waals surface area contributed by atoms with Crippen LogP contribution in [0.4, 0.5) is 0 Å². The Bertz CT molecular complexity index is 348. The first-order valence-electron chi connectivity index (χ1n) is 5.92. The maximum Gasteiger partial charge on any atom is 0.134 e. The van der Waals surface area contributed by atoms with Crippen LogP contribution in [0.3, 0.4) is 0 Å². The molecule has 1 heterocycles. The Balaban J connectivity index is 2.03. The summed E-state index contributed by atoms with van der Waals surface area (Å²) < 4.78 is 5.48. The molecule has 0 amide bonds.